The van der Waals surface area contributed by atoms with Crippen molar-refractivity contribution in [2.75, 3.05) is 25.5 Å². The molecule has 1 saturated heterocycles. The Kier molecular flexibility index (Phi) is 7.52. The molecule has 2 atom stereocenters. The van der Waals surface area contributed by atoms with E-state index in [0.717, 1.165) is 27.5 Å². The van der Waals surface area contributed by atoms with E-state index in [1.807, 2.05) is 30.3 Å². The van der Waals surface area contributed by atoms with Gasteiger partial charge in [0.15, 0.2) is 0 Å². The first-order valence-electron chi connectivity index (χ1n) is 11.7. The number of hydrogen-bond donors (Lipinski definition) is 1. The van der Waals surface area contributed by atoms with Crippen LogP contribution in [0, 0.1) is 17.2 Å². The highest BCUT2D eigenvalue weighted by molar-refractivity contribution is 5.96. The van der Waals surface area contributed by atoms with Gasteiger partial charge in [0.1, 0.15) is 6.04 Å². The van der Waals surface area contributed by atoms with Crippen molar-refractivity contribution in [2.24, 2.45) is 5.92 Å². The number of amides is 2. The van der Waals surface area contributed by atoms with Crippen LogP contribution in [0.1, 0.15) is 22.3 Å². The summed E-state index contributed by atoms with van der Waals surface area (Å²) in [6.45, 7) is 4.02. The molecule has 38 heavy (non-hydrogen) atoms. The van der Waals surface area contributed by atoms with E-state index in [0.29, 0.717) is 12.1 Å². The molecule has 1 N–H and O–H groups in total. The molecule has 0 bridgehead atoms. The highest BCUT2D eigenvalue weighted by atomic mass is 19.4. The van der Waals surface area contributed by atoms with E-state index >= 15 is 0 Å². The number of aromatic nitrogens is 2. The molecule has 4 rings (SSSR count). The number of nitrogens with one attached hydrogen (secondary N) is 1. The third-order valence-corrected chi connectivity index (χ3v) is 6.35. The zero-order valence-electron chi connectivity index (χ0n) is 20.5. The lowest BCUT2D eigenvalue weighted by Crippen LogP contribution is -2.43. The number of carbonyl (C=O) groups is 2. The molecule has 3 aromatic rings. The topological polar surface area (TPSA) is 94.3 Å². The van der Waals surface area contributed by atoms with Gasteiger partial charge in [-0.05, 0) is 30.7 Å². The average Bonchev–Trinajstić information content (AvgIpc) is 3.56. The van der Waals surface area contributed by atoms with Gasteiger partial charge in [0.25, 0.3) is 5.91 Å². The van der Waals surface area contributed by atoms with Crippen LogP contribution in [0.3, 0.4) is 0 Å². The van der Waals surface area contributed by atoms with E-state index in [2.05, 4.69) is 23.1 Å². The Morgan fingerprint density at radius 2 is 1.87 bits per heavy atom. The van der Waals surface area contributed by atoms with Crippen LogP contribution in [0.4, 0.5) is 18.9 Å². The average molecular weight is 523 g/mol. The van der Waals surface area contributed by atoms with Crippen molar-refractivity contribution < 1.29 is 22.8 Å². The minimum atomic E-state index is -4.59. The van der Waals surface area contributed by atoms with Crippen LogP contribution in [0.15, 0.2) is 79.3 Å². The number of carbonyl (C=O) groups excluding carboxylic acids is 2. The van der Waals surface area contributed by atoms with E-state index in [1.165, 1.54) is 36.3 Å². The molecule has 0 spiro atoms. The van der Waals surface area contributed by atoms with E-state index in [1.54, 1.807) is 0 Å². The highest BCUT2D eigenvalue weighted by Gasteiger charge is 2.37. The van der Waals surface area contributed by atoms with Gasteiger partial charge in [0, 0.05) is 37.1 Å². The first-order valence-corrected chi connectivity index (χ1v) is 11.7. The maximum atomic E-state index is 13.4. The summed E-state index contributed by atoms with van der Waals surface area (Å²) in [5.41, 5.74) is 0.443. The fourth-order valence-electron chi connectivity index (χ4n) is 4.36. The number of hydrogen-bond acceptors (Lipinski definition) is 5. The largest absolute Gasteiger partial charge is 0.418 e. The standard InChI is InChI=1S/C27H25F3N6O2/c1-18(33-21-8-4-3-5-9-21)19-12-22(13-31)35(15-19)25(37)17-34(2)26(38)20-14-32-36(16-20)24-11-7-6-10-23(24)27(28,29)30/h3-11,14,16,19,22,33H,1,12,15,17H2,2H3. The summed E-state index contributed by atoms with van der Waals surface area (Å²) in [6.07, 6.45) is -1.84. The number of rotatable bonds is 7. The lowest BCUT2D eigenvalue weighted by atomic mass is 10.0. The molecule has 1 aliphatic heterocycles. The number of alkyl halides is 3. The SMILES string of the molecule is C=C(Nc1ccccc1)C1CC(C#N)N(C(=O)CN(C)C(=O)c2cnn(-c3ccccc3C(F)(F)F)c2)C1. The number of likely N-dealkylation sites (N-methyl/N-ethyl adjacent to an activating group) is 1. The van der Waals surface area contributed by atoms with Gasteiger partial charge in [-0.3, -0.25) is 9.59 Å². The van der Waals surface area contributed by atoms with Crippen LogP contribution in [0.5, 0.6) is 0 Å². The number of nitrogens with zero attached hydrogens (tertiary/aromatic N) is 5. The van der Waals surface area contributed by atoms with Crippen molar-refractivity contribution >= 4 is 17.5 Å². The van der Waals surface area contributed by atoms with Crippen LogP contribution in [0.2, 0.25) is 0 Å². The van der Waals surface area contributed by atoms with Crippen LogP contribution in [-0.2, 0) is 11.0 Å². The number of likely N-dealkylation sites (tertiary alicyclic amines) is 1. The van der Waals surface area contributed by atoms with Crippen LogP contribution >= 0.6 is 0 Å². The second kappa shape index (κ2) is 10.8. The van der Waals surface area contributed by atoms with Gasteiger partial charge in [-0.2, -0.15) is 23.5 Å². The molecule has 0 radical (unpaired) electrons. The van der Waals surface area contributed by atoms with Gasteiger partial charge >= 0.3 is 6.18 Å². The van der Waals surface area contributed by atoms with E-state index in [9.17, 15) is 28.0 Å². The van der Waals surface area contributed by atoms with Gasteiger partial charge in [-0.1, -0.05) is 36.9 Å². The predicted molar refractivity (Wildman–Crippen MR) is 134 cm³/mol. The fraction of sp³-hybridized carbons (Fsp3) is 0.259. The highest BCUT2D eigenvalue weighted by Crippen LogP contribution is 2.33. The molecule has 2 heterocycles. The molecule has 0 aliphatic carbocycles. The van der Waals surface area contributed by atoms with Crippen molar-refractivity contribution in [3.05, 3.63) is 90.4 Å². The van der Waals surface area contributed by atoms with Gasteiger partial charge in [0.2, 0.25) is 5.91 Å². The molecule has 8 nitrogen and oxygen atoms in total. The third kappa shape index (κ3) is 5.70. The summed E-state index contributed by atoms with van der Waals surface area (Å²) in [5, 5.41) is 16.8. The normalized spacial score (nSPS) is 17.1. The van der Waals surface area contributed by atoms with Crippen molar-refractivity contribution in [1.82, 2.24) is 19.6 Å². The van der Waals surface area contributed by atoms with Gasteiger partial charge in [0.05, 0.1) is 35.6 Å². The van der Waals surface area contributed by atoms with Crippen molar-refractivity contribution in [2.45, 2.75) is 18.6 Å². The molecule has 196 valence electrons. The van der Waals surface area contributed by atoms with Crippen LogP contribution < -0.4 is 5.32 Å². The monoisotopic (exact) mass is 522 g/mol. The molecule has 1 aliphatic rings. The molecule has 0 saturated carbocycles. The summed E-state index contributed by atoms with van der Waals surface area (Å²) in [5.74, 6) is -1.16. The molecule has 1 fully saturated rings. The second-order valence-electron chi connectivity index (χ2n) is 8.99. The number of halogens is 3. The Bertz CT molecular complexity index is 1380. The molecule has 1 aromatic heterocycles. The van der Waals surface area contributed by atoms with E-state index < -0.39 is 29.6 Å². The lowest BCUT2D eigenvalue weighted by molar-refractivity contribution is -0.137. The Labute approximate surface area is 217 Å². The summed E-state index contributed by atoms with van der Waals surface area (Å²) >= 11 is 0. The van der Waals surface area contributed by atoms with Crippen LogP contribution in [0.25, 0.3) is 5.69 Å². The lowest BCUT2D eigenvalue weighted by Gasteiger charge is -2.24. The predicted octanol–water partition coefficient (Wildman–Crippen LogP) is 4.33. The second-order valence-corrected chi connectivity index (χ2v) is 8.99. The van der Waals surface area contributed by atoms with E-state index in [4.69, 9.17) is 0 Å². The van der Waals surface area contributed by atoms with Crippen LogP contribution in [-0.4, -0.2) is 57.6 Å². The minimum Gasteiger partial charge on any atom is -0.359 e. The Morgan fingerprint density at radius 1 is 1.18 bits per heavy atom. The minimum absolute atomic E-state index is 0.0221. The first kappa shape index (κ1) is 26.5. The summed E-state index contributed by atoms with van der Waals surface area (Å²) in [6, 6.07) is 15.8. The molecule has 2 aromatic carbocycles. The maximum absolute atomic E-state index is 13.4. The number of nitriles is 1. The summed E-state index contributed by atoms with van der Waals surface area (Å²) < 4.78 is 41.1. The maximum Gasteiger partial charge on any atom is 0.418 e. The smallest absolute Gasteiger partial charge is 0.359 e. The Hall–Kier alpha value is -4.59. The Morgan fingerprint density at radius 3 is 2.55 bits per heavy atom. The zero-order chi connectivity index (χ0) is 27.4. The van der Waals surface area contributed by atoms with E-state index in [-0.39, 0.29) is 30.3 Å². The first-order chi connectivity index (χ1) is 18.1. The molecule has 11 heteroatoms. The molecular weight excluding hydrogens is 497 g/mol. The van der Waals surface area contributed by atoms with Crippen molar-refractivity contribution in [1.29, 1.82) is 5.26 Å². The number of para-hydroxylation sites is 2. The molecule has 2 unspecified atom stereocenters. The third-order valence-electron chi connectivity index (χ3n) is 6.35. The van der Waals surface area contributed by atoms with Gasteiger partial charge < -0.3 is 15.1 Å². The summed E-state index contributed by atoms with van der Waals surface area (Å²) in [4.78, 5) is 28.6. The Balaban J connectivity index is 1.41. The molecular formula is C27H25F3N6O2. The van der Waals surface area contributed by atoms with Crippen molar-refractivity contribution in [3.8, 4) is 11.8 Å². The molecule has 2 amide bonds. The quantitative estimate of drug-likeness (QED) is 0.499. The zero-order valence-corrected chi connectivity index (χ0v) is 20.5. The van der Waals surface area contributed by atoms with Gasteiger partial charge in [-0.15, -0.1) is 0 Å². The van der Waals surface area contributed by atoms with Gasteiger partial charge in [-0.25, -0.2) is 4.68 Å². The summed E-state index contributed by atoms with van der Waals surface area (Å²) in [7, 11) is 1.41. The number of benzene rings is 2. The van der Waals surface area contributed by atoms with Crippen molar-refractivity contribution in [3.63, 3.8) is 0 Å². The fourth-order valence-corrected chi connectivity index (χ4v) is 4.36. The number of anilines is 1.